The van der Waals surface area contributed by atoms with Gasteiger partial charge in [0, 0.05) is 31.5 Å². The van der Waals surface area contributed by atoms with Gasteiger partial charge in [-0.1, -0.05) is 6.07 Å². The third-order valence-corrected chi connectivity index (χ3v) is 3.87. The van der Waals surface area contributed by atoms with Gasteiger partial charge in [0.15, 0.2) is 0 Å². The van der Waals surface area contributed by atoms with E-state index in [0.29, 0.717) is 12.6 Å². The molecule has 1 aromatic heterocycles. The Bertz CT molecular complexity index is 405. The number of aliphatic hydroxyl groups is 1. The van der Waals surface area contributed by atoms with Crippen LogP contribution >= 0.6 is 0 Å². The molecule has 106 valence electrons. The van der Waals surface area contributed by atoms with Crippen molar-refractivity contribution < 1.29 is 9.84 Å². The Balaban J connectivity index is 2.25. The van der Waals surface area contributed by atoms with Crippen LogP contribution in [0.5, 0.6) is 0 Å². The van der Waals surface area contributed by atoms with E-state index in [1.807, 2.05) is 12.1 Å². The summed E-state index contributed by atoms with van der Waals surface area (Å²) in [5.41, 5.74) is 0.895. The largest absolute Gasteiger partial charge is 0.389 e. The fraction of sp³-hybridized carbons (Fsp3) is 0.667. The van der Waals surface area contributed by atoms with Crippen LogP contribution in [-0.2, 0) is 4.74 Å². The maximum absolute atomic E-state index is 9.92. The molecule has 1 aromatic rings. The quantitative estimate of drug-likeness (QED) is 0.821. The predicted molar refractivity (Wildman–Crippen MR) is 76.3 cm³/mol. The zero-order valence-corrected chi connectivity index (χ0v) is 12.0. The molecule has 1 aliphatic rings. The molecule has 1 fully saturated rings. The van der Waals surface area contributed by atoms with Gasteiger partial charge in [0.05, 0.1) is 12.7 Å². The average molecular weight is 264 g/mol. The van der Waals surface area contributed by atoms with E-state index in [1.165, 1.54) is 12.8 Å². The van der Waals surface area contributed by atoms with Crippen molar-refractivity contribution in [2.45, 2.75) is 38.8 Å². The van der Waals surface area contributed by atoms with Crippen LogP contribution in [-0.4, -0.2) is 36.4 Å². The van der Waals surface area contributed by atoms with Gasteiger partial charge >= 0.3 is 0 Å². The Hall–Kier alpha value is -1.13. The maximum atomic E-state index is 9.92. The third-order valence-electron chi connectivity index (χ3n) is 3.87. The summed E-state index contributed by atoms with van der Waals surface area (Å²) in [6.45, 7) is 5.52. The van der Waals surface area contributed by atoms with Crippen molar-refractivity contribution in [2.24, 2.45) is 5.92 Å². The molecule has 0 spiro atoms. The zero-order valence-electron chi connectivity index (χ0n) is 12.0. The molecule has 0 amide bonds. The van der Waals surface area contributed by atoms with Gasteiger partial charge in [-0.3, -0.25) is 0 Å². The summed E-state index contributed by atoms with van der Waals surface area (Å²) in [4.78, 5) is 6.78. The van der Waals surface area contributed by atoms with Crippen LogP contribution in [0.1, 0.15) is 38.4 Å². The first-order valence-electron chi connectivity index (χ1n) is 7.03. The first-order valence-corrected chi connectivity index (χ1v) is 7.03. The van der Waals surface area contributed by atoms with E-state index in [1.54, 1.807) is 20.2 Å². The van der Waals surface area contributed by atoms with Crippen molar-refractivity contribution in [2.75, 3.05) is 25.2 Å². The lowest BCUT2D eigenvalue weighted by Crippen LogP contribution is -2.38. The summed E-state index contributed by atoms with van der Waals surface area (Å²) in [6, 6.07) is 4.27. The molecule has 1 aliphatic carbocycles. The highest BCUT2D eigenvalue weighted by atomic mass is 16.5. The van der Waals surface area contributed by atoms with Crippen molar-refractivity contribution in [1.29, 1.82) is 0 Å². The molecule has 2 rings (SSSR count). The smallest absolute Gasteiger partial charge is 0.134 e. The highest BCUT2D eigenvalue weighted by Gasteiger charge is 2.33. The highest BCUT2D eigenvalue weighted by molar-refractivity contribution is 5.49. The number of rotatable bonds is 7. The number of nitrogens with zero attached hydrogens (tertiary/aromatic N) is 2. The molecule has 0 saturated heterocycles. The molecule has 2 atom stereocenters. The van der Waals surface area contributed by atoms with Gasteiger partial charge < -0.3 is 14.7 Å². The molecular formula is C15H24N2O2. The summed E-state index contributed by atoms with van der Waals surface area (Å²) >= 11 is 0. The molecule has 4 nitrogen and oxygen atoms in total. The maximum Gasteiger partial charge on any atom is 0.134 e. The Morgan fingerprint density at radius 1 is 1.47 bits per heavy atom. The van der Waals surface area contributed by atoms with Crippen LogP contribution in [0.2, 0.25) is 0 Å². The van der Waals surface area contributed by atoms with Gasteiger partial charge in [0.1, 0.15) is 5.82 Å². The second kappa shape index (κ2) is 6.35. The Kier molecular flexibility index (Phi) is 4.77. The Morgan fingerprint density at radius 2 is 2.21 bits per heavy atom. The van der Waals surface area contributed by atoms with E-state index in [9.17, 15) is 5.11 Å². The van der Waals surface area contributed by atoms with E-state index in [4.69, 9.17) is 4.74 Å². The van der Waals surface area contributed by atoms with Crippen LogP contribution in [0.25, 0.3) is 0 Å². The van der Waals surface area contributed by atoms with Crippen LogP contribution in [0.15, 0.2) is 18.3 Å². The summed E-state index contributed by atoms with van der Waals surface area (Å²) in [5.74, 6) is 1.65. The molecule has 0 radical (unpaired) electrons. The molecule has 0 aliphatic heterocycles. The number of aromatic nitrogens is 1. The minimum absolute atomic E-state index is 0.447. The molecule has 1 saturated carbocycles. The number of anilines is 1. The molecular weight excluding hydrogens is 240 g/mol. The standard InChI is InChI=1S/C15H24N2O2/c1-11(13-6-7-13)17(9-10-19-3)15-14(12(2)18)5-4-8-16-15/h4-5,8,11-13,18H,6-7,9-10H2,1-3H3/t11?,12-/m1/s1. The van der Waals surface area contributed by atoms with Gasteiger partial charge in [-0.2, -0.15) is 0 Å². The minimum atomic E-state index is -0.500. The molecule has 0 aromatic carbocycles. The van der Waals surface area contributed by atoms with Crippen LogP contribution < -0.4 is 4.90 Å². The molecule has 4 heteroatoms. The highest BCUT2D eigenvalue weighted by Crippen LogP contribution is 2.37. The van der Waals surface area contributed by atoms with Crippen molar-refractivity contribution in [3.8, 4) is 0 Å². The molecule has 1 heterocycles. The van der Waals surface area contributed by atoms with Gasteiger partial charge in [0.2, 0.25) is 0 Å². The van der Waals surface area contributed by atoms with Crippen molar-refractivity contribution in [1.82, 2.24) is 4.98 Å². The molecule has 1 unspecified atom stereocenters. The molecule has 19 heavy (non-hydrogen) atoms. The number of methoxy groups -OCH3 is 1. The molecule has 0 bridgehead atoms. The van der Waals surface area contributed by atoms with E-state index >= 15 is 0 Å². The average Bonchev–Trinajstić information content (AvgIpc) is 3.23. The topological polar surface area (TPSA) is 45.6 Å². The lowest BCUT2D eigenvalue weighted by atomic mass is 10.1. The second-order valence-corrected chi connectivity index (χ2v) is 5.36. The fourth-order valence-electron chi connectivity index (χ4n) is 2.50. The summed E-state index contributed by atoms with van der Waals surface area (Å²) in [6.07, 6.45) is 3.88. The number of aliphatic hydroxyl groups excluding tert-OH is 1. The van der Waals surface area contributed by atoms with Gasteiger partial charge in [-0.05, 0) is 38.7 Å². The van der Waals surface area contributed by atoms with Gasteiger partial charge in [0.25, 0.3) is 0 Å². The molecule has 1 N–H and O–H groups in total. The third kappa shape index (κ3) is 3.45. The fourth-order valence-corrected chi connectivity index (χ4v) is 2.50. The van der Waals surface area contributed by atoms with Gasteiger partial charge in [-0.15, -0.1) is 0 Å². The number of ether oxygens (including phenoxy) is 1. The SMILES string of the molecule is COCCN(c1ncccc1[C@@H](C)O)C(C)C1CC1. The first-order chi connectivity index (χ1) is 9.15. The Labute approximate surface area is 115 Å². The Morgan fingerprint density at radius 3 is 2.79 bits per heavy atom. The van der Waals surface area contributed by atoms with Crippen molar-refractivity contribution >= 4 is 5.82 Å². The lowest BCUT2D eigenvalue weighted by Gasteiger charge is -2.32. The number of hydrogen-bond donors (Lipinski definition) is 1. The monoisotopic (exact) mass is 264 g/mol. The number of hydrogen-bond acceptors (Lipinski definition) is 4. The normalized spacial score (nSPS) is 18.1. The predicted octanol–water partition coefficient (Wildman–Crippen LogP) is 2.39. The van der Waals surface area contributed by atoms with Crippen LogP contribution in [0.4, 0.5) is 5.82 Å². The summed E-state index contributed by atoms with van der Waals surface area (Å²) < 4.78 is 5.21. The van der Waals surface area contributed by atoms with Crippen molar-refractivity contribution in [3.05, 3.63) is 23.9 Å². The lowest BCUT2D eigenvalue weighted by molar-refractivity contribution is 0.195. The summed E-state index contributed by atoms with van der Waals surface area (Å²) in [5, 5.41) is 9.92. The van der Waals surface area contributed by atoms with E-state index in [2.05, 4.69) is 16.8 Å². The minimum Gasteiger partial charge on any atom is -0.389 e. The van der Waals surface area contributed by atoms with E-state index in [-0.39, 0.29) is 0 Å². The van der Waals surface area contributed by atoms with Crippen molar-refractivity contribution in [3.63, 3.8) is 0 Å². The van der Waals surface area contributed by atoms with Crippen LogP contribution in [0.3, 0.4) is 0 Å². The summed E-state index contributed by atoms with van der Waals surface area (Å²) in [7, 11) is 1.72. The van der Waals surface area contributed by atoms with E-state index < -0.39 is 6.10 Å². The van der Waals surface area contributed by atoms with E-state index in [0.717, 1.165) is 23.8 Å². The first kappa shape index (κ1) is 14.3. The zero-order chi connectivity index (χ0) is 13.8. The van der Waals surface area contributed by atoms with Gasteiger partial charge in [-0.25, -0.2) is 4.98 Å². The second-order valence-electron chi connectivity index (χ2n) is 5.36. The number of pyridine rings is 1. The van der Waals surface area contributed by atoms with Crippen LogP contribution in [0, 0.1) is 5.92 Å².